The van der Waals surface area contributed by atoms with E-state index in [-0.39, 0.29) is 0 Å². The Labute approximate surface area is 135 Å². The van der Waals surface area contributed by atoms with Crippen LogP contribution in [-0.2, 0) is 17.7 Å². The normalized spacial score (nSPS) is 16.7. The second-order valence-electron chi connectivity index (χ2n) is 6.97. The van der Waals surface area contributed by atoms with Crippen LogP contribution in [0.4, 0.5) is 5.82 Å². The first-order chi connectivity index (χ1) is 10.5. The zero-order valence-corrected chi connectivity index (χ0v) is 14.6. The van der Waals surface area contributed by atoms with Gasteiger partial charge >= 0.3 is 0 Å². The van der Waals surface area contributed by atoms with E-state index in [1.54, 1.807) is 0 Å². The van der Waals surface area contributed by atoms with E-state index in [2.05, 4.69) is 50.0 Å². The minimum Gasteiger partial charge on any atom is -0.379 e. The number of rotatable bonds is 7. The Morgan fingerprint density at radius 2 is 1.95 bits per heavy atom. The molecular weight excluding hydrogens is 274 g/mol. The fourth-order valence-corrected chi connectivity index (χ4v) is 2.49. The fourth-order valence-electron chi connectivity index (χ4n) is 2.49. The molecule has 0 aromatic carbocycles. The first kappa shape index (κ1) is 17.2. The quantitative estimate of drug-likeness (QED) is 0.838. The second-order valence-corrected chi connectivity index (χ2v) is 6.97. The van der Waals surface area contributed by atoms with Crippen molar-refractivity contribution in [3.05, 3.63) is 23.4 Å². The summed E-state index contributed by atoms with van der Waals surface area (Å²) in [6.07, 6.45) is 2.14. The Morgan fingerprint density at radius 1 is 1.23 bits per heavy atom. The standard InChI is InChI=1S/C18H31N3O/c1-5-16-11-15(13-21-7-9-22-10-8-21)12-17(20-16)19-14-18(3,4)6-2/h11-12H,5-10,13-14H2,1-4H3,(H,19,20). The largest absolute Gasteiger partial charge is 0.379 e. The number of pyridine rings is 1. The lowest BCUT2D eigenvalue weighted by molar-refractivity contribution is 0.0342. The summed E-state index contributed by atoms with van der Waals surface area (Å²) in [6.45, 7) is 14.7. The van der Waals surface area contributed by atoms with E-state index < -0.39 is 0 Å². The molecule has 0 atom stereocenters. The maximum atomic E-state index is 5.43. The third-order valence-electron chi connectivity index (χ3n) is 4.52. The van der Waals surface area contributed by atoms with E-state index in [1.165, 1.54) is 11.3 Å². The highest BCUT2D eigenvalue weighted by molar-refractivity contribution is 5.40. The van der Waals surface area contributed by atoms with Crippen LogP contribution in [0, 0.1) is 5.41 Å². The van der Waals surface area contributed by atoms with Crippen LogP contribution in [0.5, 0.6) is 0 Å². The van der Waals surface area contributed by atoms with E-state index in [0.717, 1.165) is 58.1 Å². The lowest BCUT2D eigenvalue weighted by atomic mass is 9.90. The van der Waals surface area contributed by atoms with Gasteiger partial charge in [-0.25, -0.2) is 4.98 Å². The zero-order chi connectivity index (χ0) is 16.0. The summed E-state index contributed by atoms with van der Waals surface area (Å²) in [5.41, 5.74) is 2.82. The summed E-state index contributed by atoms with van der Waals surface area (Å²) in [6, 6.07) is 4.45. The van der Waals surface area contributed by atoms with Gasteiger partial charge in [0, 0.05) is 31.9 Å². The molecule has 4 nitrogen and oxygen atoms in total. The molecule has 1 aromatic heterocycles. The molecule has 0 spiro atoms. The smallest absolute Gasteiger partial charge is 0.126 e. The van der Waals surface area contributed by atoms with Crippen LogP contribution < -0.4 is 5.32 Å². The van der Waals surface area contributed by atoms with Crippen molar-refractivity contribution in [2.24, 2.45) is 5.41 Å². The van der Waals surface area contributed by atoms with Crippen LogP contribution in [-0.4, -0.2) is 42.7 Å². The van der Waals surface area contributed by atoms with Crippen LogP contribution >= 0.6 is 0 Å². The highest BCUT2D eigenvalue weighted by atomic mass is 16.5. The molecule has 2 rings (SSSR count). The fraction of sp³-hybridized carbons (Fsp3) is 0.722. The van der Waals surface area contributed by atoms with Gasteiger partial charge in [0.2, 0.25) is 0 Å². The average molecular weight is 305 g/mol. The lowest BCUT2D eigenvalue weighted by Crippen LogP contribution is -2.35. The van der Waals surface area contributed by atoms with E-state index in [1.807, 2.05) is 0 Å². The molecule has 1 N–H and O–H groups in total. The van der Waals surface area contributed by atoms with Crippen molar-refractivity contribution in [1.29, 1.82) is 0 Å². The lowest BCUT2D eigenvalue weighted by Gasteiger charge is -2.27. The number of hydrogen-bond donors (Lipinski definition) is 1. The van der Waals surface area contributed by atoms with Gasteiger partial charge in [-0.2, -0.15) is 0 Å². The summed E-state index contributed by atoms with van der Waals surface area (Å²) >= 11 is 0. The molecule has 0 saturated carbocycles. The Bertz CT molecular complexity index is 467. The van der Waals surface area contributed by atoms with E-state index >= 15 is 0 Å². The number of nitrogens with zero attached hydrogens (tertiary/aromatic N) is 2. The summed E-state index contributed by atoms with van der Waals surface area (Å²) in [5.74, 6) is 1.02. The van der Waals surface area contributed by atoms with Gasteiger partial charge in [0.15, 0.2) is 0 Å². The summed E-state index contributed by atoms with van der Waals surface area (Å²) in [7, 11) is 0. The number of hydrogen-bond acceptors (Lipinski definition) is 4. The van der Waals surface area contributed by atoms with E-state index in [0.29, 0.717) is 5.41 Å². The van der Waals surface area contributed by atoms with Crippen molar-refractivity contribution < 1.29 is 4.74 Å². The molecule has 0 radical (unpaired) electrons. The second kappa shape index (κ2) is 7.93. The Balaban J connectivity index is 2.04. The molecule has 124 valence electrons. The molecule has 22 heavy (non-hydrogen) atoms. The molecular formula is C18H31N3O. The predicted octanol–water partition coefficient (Wildman–Crippen LogP) is 3.32. The average Bonchev–Trinajstić information content (AvgIpc) is 2.54. The molecule has 1 fully saturated rings. The molecule has 0 amide bonds. The number of aryl methyl sites for hydroxylation is 1. The monoisotopic (exact) mass is 305 g/mol. The molecule has 0 unspecified atom stereocenters. The van der Waals surface area contributed by atoms with Crippen LogP contribution in [0.25, 0.3) is 0 Å². The third kappa shape index (κ3) is 5.25. The maximum Gasteiger partial charge on any atom is 0.126 e. The maximum absolute atomic E-state index is 5.43. The van der Waals surface area contributed by atoms with Crippen LogP contribution in [0.15, 0.2) is 12.1 Å². The Hall–Kier alpha value is -1.13. The topological polar surface area (TPSA) is 37.4 Å². The zero-order valence-electron chi connectivity index (χ0n) is 14.6. The van der Waals surface area contributed by atoms with Crippen LogP contribution in [0.3, 0.4) is 0 Å². The molecule has 4 heteroatoms. The minimum absolute atomic E-state index is 0.300. The summed E-state index contributed by atoms with van der Waals surface area (Å²) in [5, 5.41) is 3.53. The van der Waals surface area contributed by atoms with Crippen LogP contribution in [0.2, 0.25) is 0 Å². The minimum atomic E-state index is 0.300. The van der Waals surface area contributed by atoms with Gasteiger partial charge in [0.05, 0.1) is 13.2 Å². The predicted molar refractivity (Wildman–Crippen MR) is 92.3 cm³/mol. The van der Waals surface area contributed by atoms with E-state index in [4.69, 9.17) is 9.72 Å². The highest BCUT2D eigenvalue weighted by Crippen LogP contribution is 2.21. The Morgan fingerprint density at radius 3 is 2.59 bits per heavy atom. The van der Waals surface area contributed by atoms with Crippen LogP contribution in [0.1, 0.15) is 45.4 Å². The number of nitrogens with one attached hydrogen (secondary N) is 1. The van der Waals surface area contributed by atoms with Gasteiger partial charge in [-0.15, -0.1) is 0 Å². The SMILES string of the molecule is CCc1cc(CN2CCOCC2)cc(NCC(C)(C)CC)n1. The number of ether oxygens (including phenoxy) is 1. The van der Waals surface area contributed by atoms with Gasteiger partial charge in [-0.3, -0.25) is 4.90 Å². The van der Waals surface area contributed by atoms with Gasteiger partial charge in [-0.05, 0) is 36.0 Å². The molecule has 0 bridgehead atoms. The number of aromatic nitrogens is 1. The van der Waals surface area contributed by atoms with Crippen molar-refractivity contribution in [2.75, 3.05) is 38.2 Å². The van der Waals surface area contributed by atoms with Crippen molar-refractivity contribution in [1.82, 2.24) is 9.88 Å². The van der Waals surface area contributed by atoms with Crippen molar-refractivity contribution in [3.8, 4) is 0 Å². The summed E-state index contributed by atoms with van der Waals surface area (Å²) < 4.78 is 5.43. The van der Waals surface area contributed by atoms with Crippen molar-refractivity contribution in [2.45, 2.75) is 47.1 Å². The van der Waals surface area contributed by atoms with Gasteiger partial charge in [-0.1, -0.05) is 27.7 Å². The van der Waals surface area contributed by atoms with Gasteiger partial charge in [0.25, 0.3) is 0 Å². The van der Waals surface area contributed by atoms with Crippen molar-refractivity contribution >= 4 is 5.82 Å². The molecule has 1 aliphatic heterocycles. The van der Waals surface area contributed by atoms with Gasteiger partial charge < -0.3 is 10.1 Å². The van der Waals surface area contributed by atoms with E-state index in [9.17, 15) is 0 Å². The van der Waals surface area contributed by atoms with Gasteiger partial charge in [0.1, 0.15) is 5.82 Å². The molecule has 2 heterocycles. The highest BCUT2D eigenvalue weighted by Gasteiger charge is 2.16. The summed E-state index contributed by atoms with van der Waals surface area (Å²) in [4.78, 5) is 7.18. The molecule has 1 aliphatic rings. The number of morpholine rings is 1. The first-order valence-electron chi connectivity index (χ1n) is 8.56. The molecule has 1 saturated heterocycles. The van der Waals surface area contributed by atoms with Crippen molar-refractivity contribution in [3.63, 3.8) is 0 Å². The molecule has 0 aliphatic carbocycles. The first-order valence-corrected chi connectivity index (χ1v) is 8.56. The Kier molecular flexibility index (Phi) is 6.21. The molecule has 1 aromatic rings. The number of anilines is 1. The third-order valence-corrected chi connectivity index (χ3v) is 4.52.